The van der Waals surface area contributed by atoms with Crippen LogP contribution in [0.4, 0.5) is 5.82 Å². The highest BCUT2D eigenvalue weighted by molar-refractivity contribution is 7.11. The second-order valence-corrected chi connectivity index (χ2v) is 10.7. The molecule has 172 valence electrons. The molecule has 1 saturated carbocycles. The van der Waals surface area contributed by atoms with Crippen LogP contribution in [0.3, 0.4) is 0 Å². The SMILES string of the molecule is Cc1nnc(C2(CN)[C@@H]3CN(c4cnc5c(-c6ccc7nn(C)cc7c6Cl)[nH]nc5n4)C[C@@H]32)s1. The first-order chi connectivity index (χ1) is 16.5. The molecule has 3 N–H and O–H groups in total. The number of nitrogens with one attached hydrogen (secondary N) is 1. The van der Waals surface area contributed by atoms with Gasteiger partial charge in [-0.15, -0.1) is 21.5 Å². The molecule has 5 heterocycles. The smallest absolute Gasteiger partial charge is 0.202 e. The van der Waals surface area contributed by atoms with Crippen LogP contribution < -0.4 is 10.6 Å². The number of rotatable bonds is 4. The van der Waals surface area contributed by atoms with Gasteiger partial charge in [0, 0.05) is 49.2 Å². The minimum absolute atomic E-state index is 0.0405. The zero-order valence-electron chi connectivity index (χ0n) is 18.5. The Morgan fingerprint density at radius 2 is 2.09 bits per heavy atom. The van der Waals surface area contributed by atoms with Crippen molar-refractivity contribution in [1.29, 1.82) is 0 Å². The van der Waals surface area contributed by atoms with Gasteiger partial charge in [0.15, 0.2) is 0 Å². The van der Waals surface area contributed by atoms with E-state index in [-0.39, 0.29) is 5.41 Å². The van der Waals surface area contributed by atoms with Crippen LogP contribution in [0.2, 0.25) is 5.02 Å². The van der Waals surface area contributed by atoms with Crippen LogP contribution in [0, 0.1) is 18.8 Å². The molecule has 1 saturated heterocycles. The highest BCUT2D eigenvalue weighted by atomic mass is 35.5. The molecule has 2 fully saturated rings. The molecule has 1 aliphatic heterocycles. The molecule has 12 heteroatoms. The molecule has 10 nitrogen and oxygen atoms in total. The number of piperidine rings is 1. The molecule has 4 aromatic heterocycles. The van der Waals surface area contributed by atoms with E-state index in [1.807, 2.05) is 38.5 Å². The van der Waals surface area contributed by atoms with Crippen molar-refractivity contribution in [3.63, 3.8) is 0 Å². The van der Waals surface area contributed by atoms with Crippen molar-refractivity contribution in [2.24, 2.45) is 24.6 Å². The number of aromatic amines is 1. The second-order valence-electron chi connectivity index (χ2n) is 9.15. The largest absolute Gasteiger partial charge is 0.355 e. The summed E-state index contributed by atoms with van der Waals surface area (Å²) >= 11 is 8.38. The molecule has 1 aliphatic carbocycles. The van der Waals surface area contributed by atoms with Crippen LogP contribution >= 0.6 is 22.9 Å². The lowest BCUT2D eigenvalue weighted by atomic mass is 10.0. The van der Waals surface area contributed by atoms with E-state index in [4.69, 9.17) is 27.3 Å². The summed E-state index contributed by atoms with van der Waals surface area (Å²) in [6, 6.07) is 3.89. The van der Waals surface area contributed by atoms with E-state index < -0.39 is 0 Å². The zero-order valence-corrected chi connectivity index (χ0v) is 20.1. The van der Waals surface area contributed by atoms with Crippen LogP contribution in [-0.2, 0) is 12.5 Å². The number of fused-ring (bicyclic) bond motifs is 3. The summed E-state index contributed by atoms with van der Waals surface area (Å²) in [5.41, 5.74) is 9.88. The lowest BCUT2D eigenvalue weighted by molar-refractivity contribution is 0.545. The first kappa shape index (κ1) is 20.2. The Morgan fingerprint density at radius 3 is 2.82 bits per heavy atom. The summed E-state index contributed by atoms with van der Waals surface area (Å²) in [5.74, 6) is 1.75. The lowest BCUT2D eigenvalue weighted by Gasteiger charge is -2.24. The Hall–Kier alpha value is -3.15. The van der Waals surface area contributed by atoms with Crippen LogP contribution in [0.5, 0.6) is 0 Å². The minimum Gasteiger partial charge on any atom is -0.355 e. The zero-order chi connectivity index (χ0) is 23.2. The van der Waals surface area contributed by atoms with Crippen molar-refractivity contribution in [2.45, 2.75) is 12.3 Å². The summed E-state index contributed by atoms with van der Waals surface area (Å²) in [6.45, 7) is 4.34. The summed E-state index contributed by atoms with van der Waals surface area (Å²) in [7, 11) is 1.88. The van der Waals surface area contributed by atoms with Gasteiger partial charge in [-0.25, -0.2) is 9.97 Å². The van der Waals surface area contributed by atoms with Crippen molar-refractivity contribution in [3.8, 4) is 11.3 Å². The lowest BCUT2D eigenvalue weighted by Crippen LogP contribution is -2.35. The van der Waals surface area contributed by atoms with E-state index in [0.29, 0.717) is 34.6 Å². The molecular weight excluding hydrogens is 472 g/mol. The first-order valence-corrected chi connectivity index (χ1v) is 12.3. The van der Waals surface area contributed by atoms with Crippen molar-refractivity contribution >= 4 is 50.8 Å². The highest BCUT2D eigenvalue weighted by Crippen LogP contribution is 2.63. The van der Waals surface area contributed by atoms with E-state index in [9.17, 15) is 0 Å². The van der Waals surface area contributed by atoms with Crippen molar-refractivity contribution in [3.05, 3.63) is 39.6 Å². The molecule has 7 rings (SSSR count). The van der Waals surface area contributed by atoms with E-state index >= 15 is 0 Å². The average molecular weight is 493 g/mol. The van der Waals surface area contributed by atoms with Gasteiger partial charge in [0.25, 0.3) is 0 Å². The standard InChI is InChI=1S/C22H21ClN10S/c1-10-27-30-21(34-10)22(9-24)13-7-33(8-14(13)22)16-5-25-19-18(28-29-20(19)26-16)11-3-4-15-12(17(11)23)6-32(2)31-15/h3-6,13-14H,7-9,24H2,1-2H3,(H,26,28,29)/t13-,14+,22?. The number of hydrogen-bond acceptors (Lipinski definition) is 9. The number of anilines is 1. The first-order valence-electron chi connectivity index (χ1n) is 11.1. The van der Waals surface area contributed by atoms with Gasteiger partial charge in [-0.3, -0.25) is 9.78 Å². The molecule has 0 spiro atoms. The second kappa shape index (κ2) is 6.94. The summed E-state index contributed by atoms with van der Waals surface area (Å²) in [4.78, 5) is 11.8. The van der Waals surface area contributed by atoms with Gasteiger partial charge in [0.2, 0.25) is 5.65 Å². The number of aromatic nitrogens is 8. The third kappa shape index (κ3) is 2.65. The molecular formula is C22H21ClN10S. The molecule has 5 aromatic rings. The van der Waals surface area contributed by atoms with Crippen LogP contribution in [0.15, 0.2) is 24.5 Å². The van der Waals surface area contributed by atoms with Gasteiger partial charge in [-0.1, -0.05) is 11.6 Å². The van der Waals surface area contributed by atoms with E-state index in [1.165, 1.54) is 0 Å². The summed E-state index contributed by atoms with van der Waals surface area (Å²) < 4.78 is 1.75. The Bertz CT molecular complexity index is 1570. The maximum absolute atomic E-state index is 6.72. The number of H-pyrrole nitrogens is 1. The highest BCUT2D eigenvalue weighted by Gasteiger charge is 2.70. The monoisotopic (exact) mass is 492 g/mol. The van der Waals surface area contributed by atoms with Crippen LogP contribution in [0.25, 0.3) is 33.3 Å². The molecule has 0 radical (unpaired) electrons. The minimum atomic E-state index is -0.0405. The molecule has 2 aliphatic rings. The fourth-order valence-corrected chi connectivity index (χ4v) is 6.93. The normalized spacial score (nSPS) is 23.8. The maximum Gasteiger partial charge on any atom is 0.202 e. The fourth-order valence-electron chi connectivity index (χ4n) is 5.61. The van der Waals surface area contributed by atoms with E-state index in [2.05, 4.69) is 30.4 Å². The van der Waals surface area contributed by atoms with Gasteiger partial charge in [0.05, 0.1) is 22.4 Å². The van der Waals surface area contributed by atoms with Crippen molar-refractivity contribution < 1.29 is 0 Å². The van der Waals surface area contributed by atoms with Crippen LogP contribution in [0.1, 0.15) is 10.0 Å². The fraction of sp³-hybridized carbons (Fsp3) is 0.364. The third-order valence-electron chi connectivity index (χ3n) is 7.38. The molecule has 0 bridgehead atoms. The Morgan fingerprint density at radius 1 is 1.26 bits per heavy atom. The van der Waals surface area contributed by atoms with E-state index in [0.717, 1.165) is 51.1 Å². The molecule has 1 unspecified atom stereocenters. The molecule has 3 atom stereocenters. The molecule has 34 heavy (non-hydrogen) atoms. The predicted molar refractivity (Wildman–Crippen MR) is 131 cm³/mol. The third-order valence-corrected chi connectivity index (χ3v) is 8.82. The van der Waals surface area contributed by atoms with Crippen LogP contribution in [-0.4, -0.2) is 59.8 Å². The predicted octanol–water partition coefficient (Wildman–Crippen LogP) is 2.68. The number of benzene rings is 1. The quantitative estimate of drug-likeness (QED) is 0.392. The maximum atomic E-state index is 6.72. The Kier molecular flexibility index (Phi) is 4.13. The Balaban J connectivity index is 1.18. The number of halogens is 1. The number of nitrogens with zero attached hydrogens (tertiary/aromatic N) is 8. The number of nitrogens with two attached hydrogens (primary N) is 1. The van der Waals surface area contributed by atoms with E-state index in [1.54, 1.807) is 16.0 Å². The molecule has 1 aromatic carbocycles. The average Bonchev–Trinajstić information content (AvgIpc) is 3.44. The van der Waals surface area contributed by atoms with Gasteiger partial charge < -0.3 is 10.6 Å². The topological polar surface area (TPSA) is 127 Å². The van der Waals surface area contributed by atoms with Crippen molar-refractivity contribution in [1.82, 2.24) is 40.1 Å². The van der Waals surface area contributed by atoms with Gasteiger partial charge >= 0.3 is 0 Å². The summed E-state index contributed by atoms with van der Waals surface area (Å²) in [6.07, 6.45) is 3.73. The summed E-state index contributed by atoms with van der Waals surface area (Å²) in [5, 5.41) is 24.1. The van der Waals surface area contributed by atoms with Gasteiger partial charge in [-0.05, 0) is 30.9 Å². The molecule has 0 amide bonds. The van der Waals surface area contributed by atoms with Gasteiger partial charge in [0.1, 0.15) is 21.3 Å². The number of aryl methyl sites for hydroxylation is 2. The van der Waals surface area contributed by atoms with Gasteiger partial charge in [-0.2, -0.15) is 10.2 Å². The van der Waals surface area contributed by atoms with Crippen molar-refractivity contribution in [2.75, 3.05) is 24.5 Å². The number of hydrogen-bond donors (Lipinski definition) is 2. The Labute approximate surface area is 203 Å².